The molecule has 0 bridgehead atoms. The molecule has 0 radical (unpaired) electrons. The second-order valence-corrected chi connectivity index (χ2v) is 6.16. The van der Waals surface area contributed by atoms with E-state index >= 15 is 0 Å². The van der Waals surface area contributed by atoms with Gasteiger partial charge >= 0.3 is 0 Å². The maximum Gasteiger partial charge on any atom is 0.272 e. The Hall–Kier alpha value is -3.13. The fraction of sp³-hybridized carbons (Fsp3) is 0.0625. The fourth-order valence-electron chi connectivity index (χ4n) is 2.21. The summed E-state index contributed by atoms with van der Waals surface area (Å²) in [6.45, 7) is 1.69. The number of hydrogen-bond donors (Lipinski definition) is 0. The molecule has 0 N–H and O–H groups in total. The van der Waals surface area contributed by atoms with E-state index in [1.165, 1.54) is 29.5 Å². The van der Waals surface area contributed by atoms with E-state index in [9.17, 15) is 20.2 Å². The van der Waals surface area contributed by atoms with Gasteiger partial charge in [-0.15, -0.1) is 11.3 Å². The predicted molar refractivity (Wildman–Crippen MR) is 93.0 cm³/mol. The van der Waals surface area contributed by atoms with E-state index in [-0.39, 0.29) is 11.4 Å². The summed E-state index contributed by atoms with van der Waals surface area (Å²) in [5.41, 5.74) is 2.06. The number of nitro benzene ring substituents is 2. The monoisotopic (exact) mass is 341 g/mol. The smallest absolute Gasteiger partial charge is 0.258 e. The van der Waals surface area contributed by atoms with Crippen LogP contribution in [0.5, 0.6) is 0 Å². The number of non-ortho nitro benzene ring substituents is 1. The first-order valence-corrected chi connectivity index (χ1v) is 7.74. The van der Waals surface area contributed by atoms with Crippen LogP contribution in [-0.2, 0) is 0 Å². The van der Waals surface area contributed by atoms with Crippen LogP contribution < -0.4 is 0 Å². The van der Waals surface area contributed by atoms with Crippen LogP contribution in [0.15, 0.2) is 36.4 Å². The van der Waals surface area contributed by atoms with Crippen LogP contribution in [0.3, 0.4) is 0 Å². The fourth-order valence-corrected chi connectivity index (χ4v) is 3.11. The normalized spacial score (nSPS) is 11.2. The Kier molecular flexibility index (Phi) is 4.05. The van der Waals surface area contributed by atoms with Gasteiger partial charge in [0.25, 0.3) is 11.4 Å². The summed E-state index contributed by atoms with van der Waals surface area (Å²) in [5.74, 6) is 0. The van der Waals surface area contributed by atoms with E-state index in [0.717, 1.165) is 4.70 Å². The molecule has 0 atom stereocenters. The molecule has 0 saturated carbocycles. The van der Waals surface area contributed by atoms with E-state index in [1.54, 1.807) is 37.3 Å². The minimum Gasteiger partial charge on any atom is -0.258 e. The lowest BCUT2D eigenvalue weighted by molar-refractivity contribution is -0.385. The van der Waals surface area contributed by atoms with E-state index < -0.39 is 9.85 Å². The van der Waals surface area contributed by atoms with Gasteiger partial charge in [0.1, 0.15) is 5.01 Å². The zero-order chi connectivity index (χ0) is 17.3. The molecule has 24 heavy (non-hydrogen) atoms. The first-order chi connectivity index (χ1) is 11.4. The average Bonchev–Trinajstić information content (AvgIpc) is 2.95. The lowest BCUT2D eigenvalue weighted by Crippen LogP contribution is -1.91. The van der Waals surface area contributed by atoms with Crippen LogP contribution in [0, 0.1) is 27.2 Å². The van der Waals surface area contributed by atoms with Crippen LogP contribution in [0.2, 0.25) is 0 Å². The van der Waals surface area contributed by atoms with Crippen molar-refractivity contribution in [3.05, 3.63) is 72.8 Å². The lowest BCUT2D eigenvalue weighted by Gasteiger charge is -1.98. The Labute approximate surface area is 140 Å². The number of rotatable bonds is 4. The van der Waals surface area contributed by atoms with E-state index in [1.807, 2.05) is 0 Å². The molecule has 8 heteroatoms. The molecule has 0 aliphatic heterocycles. The van der Waals surface area contributed by atoms with Gasteiger partial charge in [0, 0.05) is 23.8 Å². The molecule has 7 nitrogen and oxygen atoms in total. The molecule has 3 aromatic rings. The average molecular weight is 341 g/mol. The second kappa shape index (κ2) is 6.17. The highest BCUT2D eigenvalue weighted by molar-refractivity contribution is 7.19. The minimum atomic E-state index is -0.444. The SMILES string of the molecule is Cc1ccc(/C=C/c2nc3ccc([N+](=O)[O-])cc3s2)cc1[N+](=O)[O-]. The zero-order valence-electron chi connectivity index (χ0n) is 12.5. The van der Waals surface area contributed by atoms with Gasteiger partial charge in [0.05, 0.1) is 20.1 Å². The molecular weight excluding hydrogens is 330 g/mol. The molecule has 0 spiro atoms. The molecule has 0 unspecified atom stereocenters. The second-order valence-electron chi connectivity index (χ2n) is 5.10. The molecule has 0 aliphatic carbocycles. The highest BCUT2D eigenvalue weighted by Crippen LogP contribution is 2.28. The minimum absolute atomic E-state index is 0.0239. The van der Waals surface area contributed by atoms with Gasteiger partial charge in [0.15, 0.2) is 0 Å². The molecule has 120 valence electrons. The largest absolute Gasteiger partial charge is 0.272 e. The van der Waals surface area contributed by atoms with Crippen molar-refractivity contribution >= 4 is 45.1 Å². The van der Waals surface area contributed by atoms with Crippen molar-refractivity contribution in [2.24, 2.45) is 0 Å². The Morgan fingerprint density at radius 2 is 1.83 bits per heavy atom. The first-order valence-electron chi connectivity index (χ1n) is 6.92. The number of hydrogen-bond acceptors (Lipinski definition) is 6. The third-order valence-electron chi connectivity index (χ3n) is 3.45. The van der Waals surface area contributed by atoms with E-state index in [2.05, 4.69) is 4.98 Å². The number of fused-ring (bicyclic) bond motifs is 1. The molecular formula is C16H11N3O4S. The summed E-state index contributed by atoms with van der Waals surface area (Å²) < 4.78 is 0.721. The first kappa shape index (κ1) is 15.8. The van der Waals surface area contributed by atoms with Crippen molar-refractivity contribution in [2.75, 3.05) is 0 Å². The number of nitro groups is 2. The van der Waals surface area contributed by atoms with Crippen LogP contribution >= 0.6 is 11.3 Å². The van der Waals surface area contributed by atoms with Crippen molar-refractivity contribution in [3.8, 4) is 0 Å². The van der Waals surface area contributed by atoms with Crippen LogP contribution in [0.4, 0.5) is 11.4 Å². The quantitative estimate of drug-likeness (QED) is 0.510. The Morgan fingerprint density at radius 1 is 1.04 bits per heavy atom. The topological polar surface area (TPSA) is 99.2 Å². The van der Waals surface area contributed by atoms with Gasteiger partial charge in [-0.1, -0.05) is 18.2 Å². The Bertz CT molecular complexity index is 994. The molecule has 1 heterocycles. The van der Waals surface area contributed by atoms with Crippen molar-refractivity contribution in [3.63, 3.8) is 0 Å². The zero-order valence-corrected chi connectivity index (χ0v) is 13.3. The molecule has 0 aliphatic rings. The molecule has 0 amide bonds. The Morgan fingerprint density at radius 3 is 2.54 bits per heavy atom. The third kappa shape index (κ3) is 3.13. The van der Waals surface area contributed by atoms with Crippen LogP contribution in [0.25, 0.3) is 22.4 Å². The van der Waals surface area contributed by atoms with Crippen molar-refractivity contribution in [2.45, 2.75) is 6.92 Å². The highest BCUT2D eigenvalue weighted by atomic mass is 32.1. The number of aryl methyl sites for hydroxylation is 1. The van der Waals surface area contributed by atoms with Crippen molar-refractivity contribution < 1.29 is 9.85 Å². The van der Waals surface area contributed by atoms with Gasteiger partial charge in [-0.2, -0.15) is 0 Å². The molecule has 2 aromatic carbocycles. The Balaban J connectivity index is 1.92. The van der Waals surface area contributed by atoms with Crippen LogP contribution in [0.1, 0.15) is 16.1 Å². The maximum absolute atomic E-state index is 11.0. The lowest BCUT2D eigenvalue weighted by atomic mass is 10.1. The molecule has 1 aromatic heterocycles. The van der Waals surface area contributed by atoms with E-state index in [4.69, 9.17) is 0 Å². The molecule has 0 saturated heterocycles. The highest BCUT2D eigenvalue weighted by Gasteiger charge is 2.11. The van der Waals surface area contributed by atoms with Gasteiger partial charge in [-0.3, -0.25) is 20.2 Å². The standard InChI is InChI=1S/C16H11N3O4S/c1-10-2-3-11(8-14(10)19(22)23)4-7-16-17-13-6-5-12(18(20)21)9-15(13)24-16/h2-9H,1H3/b7-4+. The predicted octanol–water partition coefficient (Wildman–Crippen LogP) is 4.59. The van der Waals surface area contributed by atoms with Crippen molar-refractivity contribution in [1.29, 1.82) is 0 Å². The van der Waals surface area contributed by atoms with Crippen molar-refractivity contribution in [1.82, 2.24) is 4.98 Å². The number of aromatic nitrogens is 1. The molecule has 3 rings (SSSR count). The number of thiazole rings is 1. The van der Waals surface area contributed by atoms with Gasteiger partial charge in [-0.05, 0) is 24.6 Å². The van der Waals surface area contributed by atoms with Crippen LogP contribution in [-0.4, -0.2) is 14.8 Å². The van der Waals surface area contributed by atoms with Gasteiger partial charge in [-0.25, -0.2) is 4.98 Å². The summed E-state index contributed by atoms with van der Waals surface area (Å²) in [4.78, 5) is 25.3. The number of benzene rings is 2. The number of nitrogens with zero attached hydrogens (tertiary/aromatic N) is 3. The van der Waals surface area contributed by atoms with Gasteiger partial charge < -0.3 is 0 Å². The third-order valence-corrected chi connectivity index (χ3v) is 4.43. The summed E-state index contributed by atoms with van der Waals surface area (Å²) in [6.07, 6.45) is 3.48. The maximum atomic E-state index is 11.0. The molecule has 0 fully saturated rings. The van der Waals surface area contributed by atoms with Gasteiger partial charge in [0.2, 0.25) is 0 Å². The van der Waals surface area contributed by atoms with E-state index in [0.29, 0.717) is 21.7 Å². The summed E-state index contributed by atoms with van der Waals surface area (Å²) in [5, 5.41) is 22.4. The summed E-state index contributed by atoms with van der Waals surface area (Å²) >= 11 is 1.33. The summed E-state index contributed by atoms with van der Waals surface area (Å²) in [7, 11) is 0. The summed E-state index contributed by atoms with van der Waals surface area (Å²) in [6, 6.07) is 9.50.